The predicted octanol–water partition coefficient (Wildman–Crippen LogP) is 1.50. The maximum absolute atomic E-state index is 12.2. The Balaban J connectivity index is 2.03. The Morgan fingerprint density at radius 3 is 3.05 bits per heavy atom. The fourth-order valence-electron chi connectivity index (χ4n) is 2.15. The summed E-state index contributed by atoms with van der Waals surface area (Å²) < 4.78 is 4.21. The molecule has 3 aromatic rings. The maximum atomic E-state index is 12.2. The smallest absolute Gasteiger partial charge is 0.272 e. The maximum Gasteiger partial charge on any atom is 0.272 e. The summed E-state index contributed by atoms with van der Waals surface area (Å²) in [5, 5.41) is 19.3. The first kappa shape index (κ1) is 14.6. The van der Waals surface area contributed by atoms with Gasteiger partial charge in [0.25, 0.3) is 5.56 Å². The fraction of sp³-hybridized carbons (Fsp3) is 0.462. The largest absolute Gasteiger partial charge is 0.396 e. The van der Waals surface area contributed by atoms with Crippen LogP contribution in [0.25, 0.3) is 16.0 Å². The van der Waals surface area contributed by atoms with Crippen molar-refractivity contribution in [2.45, 2.75) is 12.7 Å². The molecule has 0 spiro atoms. The van der Waals surface area contributed by atoms with Gasteiger partial charge in [-0.15, -0.1) is 21.5 Å². The molecule has 0 aliphatic rings. The van der Waals surface area contributed by atoms with E-state index in [1.54, 1.807) is 18.8 Å². The van der Waals surface area contributed by atoms with Crippen molar-refractivity contribution in [3.05, 3.63) is 27.6 Å². The lowest BCUT2D eigenvalue weighted by Crippen LogP contribution is -2.19. The van der Waals surface area contributed by atoms with Crippen molar-refractivity contribution in [3.8, 4) is 0 Å². The lowest BCUT2D eigenvalue weighted by molar-refractivity contribution is 0.250. The van der Waals surface area contributed by atoms with Gasteiger partial charge in [-0.2, -0.15) is 11.8 Å². The minimum Gasteiger partial charge on any atom is -0.396 e. The topological polar surface area (TPSA) is 72.4 Å². The molecule has 112 valence electrons. The average Bonchev–Trinajstić information content (AvgIpc) is 3.10. The highest BCUT2D eigenvalue weighted by molar-refractivity contribution is 7.98. The van der Waals surface area contributed by atoms with Crippen LogP contribution in [0.15, 0.2) is 16.2 Å². The van der Waals surface area contributed by atoms with Crippen LogP contribution >= 0.6 is 23.1 Å². The first-order valence-electron chi connectivity index (χ1n) is 6.62. The first-order valence-corrected chi connectivity index (χ1v) is 8.65. The number of thioether (sulfide) groups is 1. The molecular weight excluding hydrogens is 308 g/mol. The number of nitrogens with zero attached hydrogens (tertiary/aromatic N) is 4. The second-order valence-electron chi connectivity index (χ2n) is 5.05. The van der Waals surface area contributed by atoms with Gasteiger partial charge in [0.2, 0.25) is 5.78 Å². The van der Waals surface area contributed by atoms with Crippen molar-refractivity contribution in [2.24, 2.45) is 13.0 Å². The van der Waals surface area contributed by atoms with Gasteiger partial charge in [-0.05, 0) is 23.1 Å². The molecule has 1 N–H and O–H groups in total. The van der Waals surface area contributed by atoms with Crippen LogP contribution in [0.3, 0.4) is 0 Å². The van der Waals surface area contributed by atoms with Crippen LogP contribution in [-0.4, -0.2) is 36.6 Å². The number of aromatic nitrogens is 4. The van der Waals surface area contributed by atoms with Crippen LogP contribution in [0, 0.1) is 5.92 Å². The van der Waals surface area contributed by atoms with E-state index in [-0.39, 0.29) is 18.1 Å². The predicted molar refractivity (Wildman–Crippen MR) is 86.0 cm³/mol. The van der Waals surface area contributed by atoms with Gasteiger partial charge in [-0.1, -0.05) is 6.92 Å². The number of fused-ring (bicyclic) bond motifs is 3. The van der Waals surface area contributed by atoms with E-state index in [9.17, 15) is 4.79 Å². The highest BCUT2D eigenvalue weighted by Crippen LogP contribution is 2.21. The molecule has 21 heavy (non-hydrogen) atoms. The molecule has 0 radical (unpaired) electrons. The van der Waals surface area contributed by atoms with Crippen LogP contribution in [0.2, 0.25) is 0 Å². The van der Waals surface area contributed by atoms with Gasteiger partial charge in [0.1, 0.15) is 10.5 Å². The molecule has 3 aromatic heterocycles. The van der Waals surface area contributed by atoms with Gasteiger partial charge in [0.15, 0.2) is 0 Å². The summed E-state index contributed by atoms with van der Waals surface area (Å²) in [5.41, 5.74) is 0.835. The quantitative estimate of drug-likeness (QED) is 0.770. The van der Waals surface area contributed by atoms with Crippen LogP contribution in [-0.2, 0) is 12.8 Å². The summed E-state index contributed by atoms with van der Waals surface area (Å²) in [7, 11) is 1.72. The lowest BCUT2D eigenvalue weighted by Gasteiger charge is -2.07. The van der Waals surface area contributed by atoms with E-state index in [4.69, 9.17) is 5.11 Å². The average molecular weight is 324 g/mol. The van der Waals surface area contributed by atoms with Gasteiger partial charge < -0.3 is 5.11 Å². The molecule has 6 nitrogen and oxygen atoms in total. The molecule has 3 rings (SSSR count). The van der Waals surface area contributed by atoms with Crippen molar-refractivity contribution >= 4 is 39.1 Å². The third-order valence-corrected chi connectivity index (χ3v) is 5.50. The van der Waals surface area contributed by atoms with Crippen LogP contribution in [0.5, 0.6) is 0 Å². The zero-order chi connectivity index (χ0) is 15.0. The van der Waals surface area contributed by atoms with Crippen LogP contribution in [0.1, 0.15) is 12.7 Å². The monoisotopic (exact) mass is 324 g/mol. The van der Waals surface area contributed by atoms with Crippen molar-refractivity contribution in [1.29, 1.82) is 0 Å². The van der Waals surface area contributed by atoms with Gasteiger partial charge >= 0.3 is 0 Å². The van der Waals surface area contributed by atoms with Gasteiger partial charge in [0.05, 0.1) is 11.3 Å². The number of aliphatic hydroxyl groups is 1. The van der Waals surface area contributed by atoms with E-state index in [1.165, 1.54) is 15.9 Å². The second kappa shape index (κ2) is 5.78. The summed E-state index contributed by atoms with van der Waals surface area (Å²) in [6.45, 7) is 2.20. The Hall–Kier alpha value is -1.38. The molecule has 0 aliphatic heterocycles. The number of hydrogen-bond donors (Lipinski definition) is 1. The highest BCUT2D eigenvalue weighted by Gasteiger charge is 2.15. The summed E-state index contributed by atoms with van der Waals surface area (Å²) >= 11 is 3.15. The Morgan fingerprint density at radius 1 is 1.48 bits per heavy atom. The van der Waals surface area contributed by atoms with Crippen molar-refractivity contribution in [3.63, 3.8) is 0 Å². The second-order valence-corrected chi connectivity index (χ2v) is 7.00. The molecule has 0 amide bonds. The van der Waals surface area contributed by atoms with Crippen molar-refractivity contribution < 1.29 is 5.11 Å². The zero-order valence-corrected chi connectivity index (χ0v) is 13.4. The molecule has 0 saturated heterocycles. The molecular formula is C13H16N4O2S2. The molecule has 0 aromatic carbocycles. The molecule has 8 heteroatoms. The van der Waals surface area contributed by atoms with Crippen LogP contribution in [0.4, 0.5) is 0 Å². The van der Waals surface area contributed by atoms with Crippen molar-refractivity contribution in [1.82, 2.24) is 19.2 Å². The molecule has 3 heterocycles. The normalized spacial score (nSPS) is 13.3. The van der Waals surface area contributed by atoms with E-state index in [2.05, 4.69) is 10.2 Å². The number of aliphatic hydroxyl groups excluding tert-OH is 1. The van der Waals surface area contributed by atoms with E-state index >= 15 is 0 Å². The molecule has 0 aliphatic carbocycles. The number of thiophene rings is 1. The molecule has 1 atom stereocenters. The lowest BCUT2D eigenvalue weighted by atomic mass is 10.2. The van der Waals surface area contributed by atoms with Gasteiger partial charge in [-0.3, -0.25) is 13.8 Å². The Labute approximate surface area is 129 Å². The molecule has 0 saturated carbocycles. The SMILES string of the molecule is CC(CO)CSCc1nnc2n(C)c(=O)c3sccc3n12. The van der Waals surface area contributed by atoms with E-state index < -0.39 is 0 Å². The summed E-state index contributed by atoms with van der Waals surface area (Å²) in [4.78, 5) is 12.2. The van der Waals surface area contributed by atoms with E-state index in [0.29, 0.717) is 11.5 Å². The third-order valence-electron chi connectivity index (χ3n) is 3.34. The zero-order valence-electron chi connectivity index (χ0n) is 11.8. The number of aryl methyl sites for hydroxylation is 1. The van der Waals surface area contributed by atoms with E-state index in [1.807, 2.05) is 22.8 Å². The number of hydrogen-bond acceptors (Lipinski definition) is 6. The first-order chi connectivity index (χ1) is 10.1. The van der Waals surface area contributed by atoms with Gasteiger partial charge in [0, 0.05) is 13.7 Å². The van der Waals surface area contributed by atoms with Gasteiger partial charge in [-0.25, -0.2) is 0 Å². The molecule has 0 bridgehead atoms. The summed E-state index contributed by atoms with van der Waals surface area (Å²) in [6, 6.07) is 1.93. The van der Waals surface area contributed by atoms with E-state index in [0.717, 1.165) is 21.8 Å². The van der Waals surface area contributed by atoms with Crippen LogP contribution < -0.4 is 5.56 Å². The van der Waals surface area contributed by atoms with Crippen molar-refractivity contribution in [2.75, 3.05) is 12.4 Å². The standard InChI is InChI=1S/C13H16N4O2S2/c1-8(5-18)6-20-7-10-14-15-13-16(2)12(19)11-9(17(10)13)3-4-21-11/h3-4,8,18H,5-7H2,1-2H3. The molecule has 0 fully saturated rings. The summed E-state index contributed by atoms with van der Waals surface area (Å²) in [6.07, 6.45) is 0. The summed E-state index contributed by atoms with van der Waals surface area (Å²) in [5.74, 6) is 3.23. The number of rotatable bonds is 5. The minimum atomic E-state index is -0.0343. The fourth-order valence-corrected chi connectivity index (χ4v) is 4.00. The third kappa shape index (κ3) is 2.47. The Bertz CT molecular complexity index is 836. The Morgan fingerprint density at radius 2 is 2.29 bits per heavy atom. The minimum absolute atomic E-state index is 0.0343. The molecule has 1 unspecified atom stereocenters. The Kier molecular flexibility index (Phi) is 4.01. The highest BCUT2D eigenvalue weighted by atomic mass is 32.2.